The Morgan fingerprint density at radius 1 is 1.20 bits per heavy atom. The first-order chi connectivity index (χ1) is 12.1. The molecule has 1 N–H and O–H groups in total. The zero-order chi connectivity index (χ0) is 17.4. The van der Waals surface area contributed by atoms with Crippen LogP contribution in [0, 0.1) is 0 Å². The number of pyridine rings is 1. The number of hydrogen-bond acceptors (Lipinski definition) is 4. The van der Waals surface area contributed by atoms with Gasteiger partial charge in [0.15, 0.2) is 5.69 Å². The van der Waals surface area contributed by atoms with Crippen molar-refractivity contribution < 1.29 is 4.79 Å². The van der Waals surface area contributed by atoms with E-state index in [1.54, 1.807) is 0 Å². The molecule has 1 aliphatic heterocycles. The third kappa shape index (κ3) is 2.73. The molecule has 6 heteroatoms. The molecule has 1 aromatic carbocycles. The maximum absolute atomic E-state index is 13.1. The second-order valence-corrected chi connectivity index (χ2v) is 6.64. The Labute approximate surface area is 146 Å². The van der Waals surface area contributed by atoms with Crippen molar-refractivity contribution in [1.29, 1.82) is 0 Å². The number of aromatic nitrogens is 3. The van der Waals surface area contributed by atoms with Crippen LogP contribution >= 0.6 is 0 Å². The number of para-hydroxylation sites is 1. The van der Waals surface area contributed by atoms with Crippen LogP contribution < -0.4 is 4.90 Å². The van der Waals surface area contributed by atoms with Crippen LogP contribution in [-0.2, 0) is 6.54 Å². The predicted octanol–water partition coefficient (Wildman–Crippen LogP) is 2.83. The Hall–Kier alpha value is -2.89. The number of anilines is 1. The second kappa shape index (κ2) is 6.20. The number of aromatic amines is 1. The number of carbonyl (C=O) groups is 1. The predicted molar refractivity (Wildman–Crippen MR) is 97.6 cm³/mol. The van der Waals surface area contributed by atoms with Crippen molar-refractivity contribution in [3.8, 4) is 0 Å². The summed E-state index contributed by atoms with van der Waals surface area (Å²) in [7, 11) is 0. The van der Waals surface area contributed by atoms with Crippen LogP contribution in [0.5, 0.6) is 0 Å². The minimum Gasteiger partial charge on any atom is -0.367 e. The number of hydrogen-bond donors (Lipinski definition) is 1. The molecule has 0 fully saturated rings. The van der Waals surface area contributed by atoms with Gasteiger partial charge in [-0.3, -0.25) is 14.9 Å². The number of nitrogens with one attached hydrogen (secondary N) is 1. The highest BCUT2D eigenvalue weighted by atomic mass is 16.2. The van der Waals surface area contributed by atoms with Crippen molar-refractivity contribution in [3.63, 3.8) is 0 Å². The zero-order valence-corrected chi connectivity index (χ0v) is 14.4. The molecule has 4 rings (SSSR count). The summed E-state index contributed by atoms with van der Waals surface area (Å²) in [4.78, 5) is 21.6. The lowest BCUT2D eigenvalue weighted by molar-refractivity contribution is 0.0747. The van der Waals surface area contributed by atoms with Crippen molar-refractivity contribution in [2.75, 3.05) is 18.0 Å². The molecule has 1 amide bonds. The maximum atomic E-state index is 13.1. The van der Waals surface area contributed by atoms with Crippen LogP contribution in [0.3, 0.4) is 0 Å². The van der Waals surface area contributed by atoms with Crippen molar-refractivity contribution in [2.24, 2.45) is 0 Å². The van der Waals surface area contributed by atoms with Gasteiger partial charge in [-0.15, -0.1) is 0 Å². The summed E-state index contributed by atoms with van der Waals surface area (Å²) in [6.45, 7) is 6.34. The van der Waals surface area contributed by atoms with E-state index < -0.39 is 0 Å². The van der Waals surface area contributed by atoms with Crippen LogP contribution in [0.15, 0.2) is 42.7 Å². The highest BCUT2D eigenvalue weighted by Gasteiger charge is 2.27. The standard InChI is InChI=1S/C19H21N5O/c1-13(2)24-10-9-23(12-14-11-20-8-7-17(14)24)19(25)18-15-5-3-4-6-16(15)21-22-18/h3-8,11,13H,9-10,12H2,1-2H3,(H,21,22). The molecule has 0 radical (unpaired) electrons. The lowest BCUT2D eigenvalue weighted by Crippen LogP contribution is -2.38. The van der Waals surface area contributed by atoms with Gasteiger partial charge in [0, 0.05) is 54.7 Å². The van der Waals surface area contributed by atoms with Crippen LogP contribution in [0.2, 0.25) is 0 Å². The normalized spacial score (nSPS) is 14.7. The van der Waals surface area contributed by atoms with Crippen molar-refractivity contribution in [3.05, 3.63) is 54.0 Å². The number of carbonyl (C=O) groups excluding carboxylic acids is 1. The highest BCUT2D eigenvalue weighted by molar-refractivity contribution is 6.04. The van der Waals surface area contributed by atoms with Crippen molar-refractivity contribution >= 4 is 22.5 Å². The fraction of sp³-hybridized carbons (Fsp3) is 0.316. The van der Waals surface area contributed by atoms with Gasteiger partial charge in [-0.25, -0.2) is 0 Å². The summed E-state index contributed by atoms with van der Waals surface area (Å²) in [6.07, 6.45) is 3.67. The number of benzene rings is 1. The minimum absolute atomic E-state index is 0.0436. The van der Waals surface area contributed by atoms with Crippen LogP contribution in [0.4, 0.5) is 5.69 Å². The lowest BCUT2D eigenvalue weighted by atomic mass is 10.1. The number of H-pyrrole nitrogens is 1. The Kier molecular flexibility index (Phi) is 3.87. The van der Waals surface area contributed by atoms with Gasteiger partial charge < -0.3 is 9.80 Å². The summed E-state index contributed by atoms with van der Waals surface area (Å²) in [5.41, 5.74) is 3.60. The van der Waals surface area contributed by atoms with E-state index in [1.807, 2.05) is 47.6 Å². The first-order valence-corrected chi connectivity index (χ1v) is 8.57. The topological polar surface area (TPSA) is 65.1 Å². The molecule has 6 nitrogen and oxygen atoms in total. The van der Waals surface area contributed by atoms with Gasteiger partial charge in [0.2, 0.25) is 0 Å². The minimum atomic E-state index is -0.0436. The summed E-state index contributed by atoms with van der Waals surface area (Å²) in [6, 6.07) is 10.1. The summed E-state index contributed by atoms with van der Waals surface area (Å²) < 4.78 is 0. The molecule has 0 unspecified atom stereocenters. The Morgan fingerprint density at radius 3 is 2.88 bits per heavy atom. The molecular formula is C19H21N5O. The largest absolute Gasteiger partial charge is 0.367 e. The Balaban J connectivity index is 1.69. The first-order valence-electron chi connectivity index (χ1n) is 8.57. The molecule has 3 aromatic rings. The van der Waals surface area contributed by atoms with Crippen LogP contribution in [0.1, 0.15) is 29.9 Å². The number of nitrogens with zero attached hydrogens (tertiary/aromatic N) is 4. The molecule has 128 valence electrons. The molecule has 0 bridgehead atoms. The third-order valence-electron chi connectivity index (χ3n) is 4.74. The van der Waals surface area contributed by atoms with Gasteiger partial charge in [0.25, 0.3) is 5.91 Å². The molecule has 0 spiro atoms. The lowest BCUT2D eigenvalue weighted by Gasteiger charge is -2.28. The monoisotopic (exact) mass is 335 g/mol. The fourth-order valence-electron chi connectivity index (χ4n) is 3.44. The SMILES string of the molecule is CC(C)N1CCN(C(=O)c2n[nH]c3ccccc23)Cc2cnccc21. The molecule has 0 saturated heterocycles. The van der Waals surface area contributed by atoms with Gasteiger partial charge in [-0.05, 0) is 26.0 Å². The molecule has 0 aliphatic carbocycles. The molecule has 0 saturated carbocycles. The quantitative estimate of drug-likeness (QED) is 0.782. The van der Waals surface area contributed by atoms with E-state index in [0.717, 1.165) is 28.7 Å². The van der Waals surface area contributed by atoms with E-state index in [9.17, 15) is 4.79 Å². The molecule has 25 heavy (non-hydrogen) atoms. The number of amides is 1. The van der Waals surface area contributed by atoms with E-state index >= 15 is 0 Å². The highest BCUT2D eigenvalue weighted by Crippen LogP contribution is 2.27. The van der Waals surface area contributed by atoms with E-state index in [2.05, 4.69) is 33.9 Å². The summed E-state index contributed by atoms with van der Waals surface area (Å²) in [5, 5.41) is 8.08. The van der Waals surface area contributed by atoms with Crippen molar-refractivity contribution in [2.45, 2.75) is 26.4 Å². The van der Waals surface area contributed by atoms with E-state index in [-0.39, 0.29) is 5.91 Å². The zero-order valence-electron chi connectivity index (χ0n) is 14.4. The van der Waals surface area contributed by atoms with E-state index in [4.69, 9.17) is 0 Å². The van der Waals surface area contributed by atoms with E-state index in [1.165, 1.54) is 0 Å². The molecule has 2 aromatic heterocycles. The molecule has 1 aliphatic rings. The number of rotatable bonds is 2. The smallest absolute Gasteiger partial charge is 0.275 e. The molecule has 3 heterocycles. The van der Waals surface area contributed by atoms with E-state index in [0.29, 0.717) is 24.8 Å². The molecular weight excluding hydrogens is 314 g/mol. The maximum Gasteiger partial charge on any atom is 0.275 e. The van der Waals surface area contributed by atoms with Crippen LogP contribution in [0.25, 0.3) is 10.9 Å². The van der Waals surface area contributed by atoms with Gasteiger partial charge in [0.1, 0.15) is 0 Å². The first kappa shape index (κ1) is 15.6. The third-order valence-corrected chi connectivity index (χ3v) is 4.74. The summed E-state index contributed by atoms with van der Waals surface area (Å²) >= 11 is 0. The average Bonchev–Trinajstić information content (AvgIpc) is 2.94. The second-order valence-electron chi connectivity index (χ2n) is 6.64. The van der Waals surface area contributed by atoms with Gasteiger partial charge >= 0.3 is 0 Å². The van der Waals surface area contributed by atoms with Gasteiger partial charge in [-0.2, -0.15) is 5.10 Å². The Bertz CT molecular complexity index is 917. The van der Waals surface area contributed by atoms with Gasteiger partial charge in [-0.1, -0.05) is 18.2 Å². The van der Waals surface area contributed by atoms with Crippen LogP contribution in [-0.4, -0.2) is 45.1 Å². The Morgan fingerprint density at radius 2 is 2.04 bits per heavy atom. The average molecular weight is 335 g/mol. The summed E-state index contributed by atoms with van der Waals surface area (Å²) in [5.74, 6) is -0.0436. The number of fused-ring (bicyclic) bond motifs is 2. The fourth-order valence-corrected chi connectivity index (χ4v) is 3.44. The molecule has 0 atom stereocenters. The van der Waals surface area contributed by atoms with Crippen molar-refractivity contribution in [1.82, 2.24) is 20.1 Å². The van der Waals surface area contributed by atoms with Gasteiger partial charge in [0.05, 0.1) is 5.52 Å².